The minimum Gasteiger partial charge on any atom is -0.422 e. The average molecular weight is 460 g/mol. The molecule has 3 aromatic heterocycles. The van der Waals surface area contributed by atoms with Crippen LogP contribution in [0.5, 0.6) is 0 Å². The third-order valence-corrected chi connectivity index (χ3v) is 7.36. The fourth-order valence-corrected chi connectivity index (χ4v) is 5.36. The SMILES string of the molecule is Cc1ccc2c(CSc3nnc(Cc4cccs4)n3-c3ccccc3)cc(=O)oc2c1C. The van der Waals surface area contributed by atoms with Gasteiger partial charge in [0, 0.05) is 34.2 Å². The summed E-state index contributed by atoms with van der Waals surface area (Å²) < 4.78 is 7.63. The second-order valence-corrected chi connectivity index (χ2v) is 9.56. The highest BCUT2D eigenvalue weighted by molar-refractivity contribution is 7.98. The summed E-state index contributed by atoms with van der Waals surface area (Å²) in [5.41, 5.74) is 4.40. The topological polar surface area (TPSA) is 60.9 Å². The first-order chi connectivity index (χ1) is 15.6. The lowest BCUT2D eigenvalue weighted by molar-refractivity contribution is 0.557. The first-order valence-corrected chi connectivity index (χ1v) is 12.1. The van der Waals surface area contributed by atoms with E-state index in [-0.39, 0.29) is 5.63 Å². The Hall–Kier alpha value is -3.16. The molecule has 0 bridgehead atoms. The van der Waals surface area contributed by atoms with E-state index in [1.165, 1.54) is 4.88 Å². The van der Waals surface area contributed by atoms with Crippen molar-refractivity contribution in [1.29, 1.82) is 0 Å². The molecule has 32 heavy (non-hydrogen) atoms. The Morgan fingerprint density at radius 3 is 2.66 bits per heavy atom. The Labute approximate surface area is 193 Å². The van der Waals surface area contributed by atoms with Crippen molar-refractivity contribution in [2.75, 3.05) is 0 Å². The molecule has 0 N–H and O–H groups in total. The minimum atomic E-state index is -0.329. The highest BCUT2D eigenvalue weighted by Gasteiger charge is 2.17. The van der Waals surface area contributed by atoms with Crippen LogP contribution in [0.1, 0.15) is 27.4 Å². The van der Waals surface area contributed by atoms with Crippen LogP contribution >= 0.6 is 23.1 Å². The summed E-state index contributed by atoms with van der Waals surface area (Å²) >= 11 is 3.29. The van der Waals surface area contributed by atoms with Crippen molar-refractivity contribution < 1.29 is 4.42 Å². The van der Waals surface area contributed by atoms with E-state index in [2.05, 4.69) is 50.5 Å². The van der Waals surface area contributed by atoms with Crippen LogP contribution in [0.2, 0.25) is 0 Å². The molecule has 0 saturated heterocycles. The second-order valence-electron chi connectivity index (χ2n) is 7.59. The average Bonchev–Trinajstić information content (AvgIpc) is 3.46. The normalized spacial score (nSPS) is 11.3. The van der Waals surface area contributed by atoms with E-state index in [9.17, 15) is 4.79 Å². The van der Waals surface area contributed by atoms with Crippen molar-refractivity contribution in [2.24, 2.45) is 0 Å². The third-order valence-electron chi connectivity index (χ3n) is 5.50. The van der Waals surface area contributed by atoms with Gasteiger partial charge < -0.3 is 4.42 Å². The molecule has 0 amide bonds. The van der Waals surface area contributed by atoms with Crippen LogP contribution in [-0.2, 0) is 12.2 Å². The maximum Gasteiger partial charge on any atom is 0.336 e. The maximum absolute atomic E-state index is 12.2. The largest absolute Gasteiger partial charge is 0.422 e. The maximum atomic E-state index is 12.2. The van der Waals surface area contributed by atoms with Crippen molar-refractivity contribution >= 4 is 34.1 Å². The molecule has 0 fully saturated rings. The lowest BCUT2D eigenvalue weighted by atomic mass is 10.0. The molecule has 0 saturated carbocycles. The zero-order chi connectivity index (χ0) is 22.1. The fourth-order valence-electron chi connectivity index (χ4n) is 3.70. The third kappa shape index (κ3) is 4.01. The first kappa shape index (κ1) is 20.7. The van der Waals surface area contributed by atoms with E-state index < -0.39 is 0 Å². The van der Waals surface area contributed by atoms with Gasteiger partial charge >= 0.3 is 5.63 Å². The van der Waals surface area contributed by atoms with Gasteiger partial charge in [0.05, 0.1) is 0 Å². The standard InChI is InChI=1S/C25H21N3O2S2/c1-16-10-11-21-18(13-23(29)30-24(21)17(16)2)15-32-25-27-26-22(14-20-9-6-12-31-20)28(25)19-7-4-3-5-8-19/h3-13H,14-15H2,1-2H3. The molecular formula is C25H21N3O2S2. The Morgan fingerprint density at radius 1 is 1.03 bits per heavy atom. The molecule has 0 radical (unpaired) electrons. The van der Waals surface area contributed by atoms with Crippen LogP contribution in [0.3, 0.4) is 0 Å². The molecule has 5 rings (SSSR count). The smallest absolute Gasteiger partial charge is 0.336 e. The quantitative estimate of drug-likeness (QED) is 0.232. The number of hydrogen-bond donors (Lipinski definition) is 0. The zero-order valence-electron chi connectivity index (χ0n) is 17.7. The number of hydrogen-bond acceptors (Lipinski definition) is 6. The molecule has 2 aromatic carbocycles. The van der Waals surface area contributed by atoms with Gasteiger partial charge in [0.2, 0.25) is 0 Å². The van der Waals surface area contributed by atoms with Crippen molar-refractivity contribution in [1.82, 2.24) is 14.8 Å². The second kappa shape index (κ2) is 8.76. The van der Waals surface area contributed by atoms with Gasteiger partial charge in [-0.1, -0.05) is 48.2 Å². The highest BCUT2D eigenvalue weighted by atomic mass is 32.2. The van der Waals surface area contributed by atoms with Crippen LogP contribution in [0.15, 0.2) is 80.4 Å². The van der Waals surface area contributed by atoms with Gasteiger partial charge in [-0.2, -0.15) is 0 Å². The molecule has 0 atom stereocenters. The summed E-state index contributed by atoms with van der Waals surface area (Å²) in [4.78, 5) is 13.5. The van der Waals surface area contributed by atoms with E-state index in [1.54, 1.807) is 29.2 Å². The highest BCUT2D eigenvalue weighted by Crippen LogP contribution is 2.30. The van der Waals surface area contributed by atoms with Gasteiger partial charge in [-0.25, -0.2) is 4.79 Å². The van der Waals surface area contributed by atoms with Gasteiger partial charge in [-0.3, -0.25) is 4.57 Å². The summed E-state index contributed by atoms with van der Waals surface area (Å²) in [6.07, 6.45) is 0.719. The molecule has 5 nitrogen and oxygen atoms in total. The molecule has 7 heteroatoms. The van der Waals surface area contributed by atoms with Gasteiger partial charge in [0.25, 0.3) is 0 Å². The summed E-state index contributed by atoms with van der Waals surface area (Å²) in [5, 5.41) is 12.8. The van der Waals surface area contributed by atoms with Crippen LogP contribution in [-0.4, -0.2) is 14.8 Å². The summed E-state index contributed by atoms with van der Waals surface area (Å²) in [6.45, 7) is 4.01. The van der Waals surface area contributed by atoms with Crippen LogP contribution in [0.4, 0.5) is 0 Å². The van der Waals surface area contributed by atoms with Gasteiger partial charge in [0.15, 0.2) is 5.16 Å². The van der Waals surface area contributed by atoms with Gasteiger partial charge in [0.1, 0.15) is 11.4 Å². The molecule has 3 heterocycles. The predicted molar refractivity (Wildman–Crippen MR) is 130 cm³/mol. The van der Waals surface area contributed by atoms with E-state index in [0.717, 1.165) is 45.2 Å². The molecule has 0 aliphatic carbocycles. The Kier molecular flexibility index (Phi) is 5.68. The zero-order valence-corrected chi connectivity index (χ0v) is 19.4. The van der Waals surface area contributed by atoms with Crippen molar-refractivity contribution in [2.45, 2.75) is 31.2 Å². The lowest BCUT2D eigenvalue weighted by Gasteiger charge is -2.11. The van der Waals surface area contributed by atoms with Gasteiger partial charge in [-0.05, 0) is 54.1 Å². The number of thioether (sulfide) groups is 1. The first-order valence-electron chi connectivity index (χ1n) is 10.3. The molecule has 5 aromatic rings. The number of benzene rings is 2. The molecule has 0 aliphatic heterocycles. The summed E-state index contributed by atoms with van der Waals surface area (Å²) in [5.74, 6) is 1.49. The monoisotopic (exact) mass is 459 g/mol. The van der Waals surface area contributed by atoms with E-state index in [1.807, 2.05) is 38.1 Å². The number of rotatable bonds is 6. The van der Waals surface area contributed by atoms with Gasteiger partial charge in [-0.15, -0.1) is 21.5 Å². The Balaban J connectivity index is 1.52. The van der Waals surface area contributed by atoms with E-state index in [4.69, 9.17) is 4.42 Å². The number of aryl methyl sites for hydroxylation is 2. The van der Waals surface area contributed by atoms with E-state index >= 15 is 0 Å². The van der Waals surface area contributed by atoms with Crippen LogP contribution in [0, 0.1) is 13.8 Å². The van der Waals surface area contributed by atoms with Crippen LogP contribution < -0.4 is 5.63 Å². The molecule has 0 unspecified atom stereocenters. The van der Waals surface area contributed by atoms with Crippen molar-refractivity contribution in [3.63, 3.8) is 0 Å². The molecular weight excluding hydrogens is 438 g/mol. The number of thiophene rings is 1. The van der Waals surface area contributed by atoms with Crippen molar-refractivity contribution in [3.05, 3.63) is 104 Å². The summed E-state index contributed by atoms with van der Waals surface area (Å²) in [7, 11) is 0. The Bertz CT molecular complexity index is 1440. The number of nitrogens with zero attached hydrogens (tertiary/aromatic N) is 3. The van der Waals surface area contributed by atoms with Crippen LogP contribution in [0.25, 0.3) is 16.7 Å². The fraction of sp³-hybridized carbons (Fsp3) is 0.160. The number of para-hydroxylation sites is 1. The predicted octanol–water partition coefficient (Wildman–Crippen LogP) is 5.94. The van der Waals surface area contributed by atoms with E-state index in [0.29, 0.717) is 11.3 Å². The van der Waals surface area contributed by atoms with Crippen molar-refractivity contribution in [3.8, 4) is 5.69 Å². The molecule has 160 valence electrons. The Morgan fingerprint density at radius 2 is 1.88 bits per heavy atom. The molecule has 0 aliphatic rings. The summed E-state index contributed by atoms with van der Waals surface area (Å²) in [6, 6.07) is 20.0. The molecule has 0 spiro atoms. The number of fused-ring (bicyclic) bond motifs is 1. The lowest BCUT2D eigenvalue weighted by Crippen LogP contribution is -2.04. The minimum absolute atomic E-state index is 0.329. The number of aromatic nitrogens is 3.